The Morgan fingerprint density at radius 1 is 0.969 bits per heavy atom. The highest BCUT2D eigenvalue weighted by Gasteiger charge is 2.56. The Balaban J connectivity index is 1.62. The number of hydrogen-bond acceptors (Lipinski definition) is 5. The molecule has 1 fully saturated rings. The summed E-state index contributed by atoms with van der Waals surface area (Å²) in [6, 6.07) is 9.43. The largest absolute Gasteiger partial charge is 0.416 e. The van der Waals surface area contributed by atoms with Crippen LogP contribution >= 0.6 is 23.1 Å². The van der Waals surface area contributed by atoms with Gasteiger partial charge in [-0.2, -0.15) is 13.2 Å². The number of aromatic amines is 1. The molecule has 2 amide bonds. The van der Waals surface area contributed by atoms with Crippen molar-refractivity contribution in [3.63, 3.8) is 0 Å². The number of benzene rings is 2. The van der Waals surface area contributed by atoms with Gasteiger partial charge >= 0.3 is 11.0 Å². The summed E-state index contributed by atoms with van der Waals surface area (Å²) in [5.74, 6) is -3.47. The average Bonchev–Trinajstić information content (AvgIpc) is 3.23. The Labute approximate surface area is 186 Å². The number of amides is 2. The molecular formula is C21H12F4N2O3S2. The summed E-state index contributed by atoms with van der Waals surface area (Å²) in [7, 11) is 0. The summed E-state index contributed by atoms with van der Waals surface area (Å²) in [5, 5.41) is -0.507. The summed E-state index contributed by atoms with van der Waals surface area (Å²) < 4.78 is 53.0. The lowest BCUT2D eigenvalue weighted by Crippen LogP contribution is -2.32. The molecule has 0 spiro atoms. The molecular weight excluding hydrogens is 468 g/mol. The van der Waals surface area contributed by atoms with Crippen LogP contribution in [0.4, 0.5) is 23.2 Å². The molecule has 2 aliphatic rings. The highest BCUT2D eigenvalue weighted by molar-refractivity contribution is 8.00. The van der Waals surface area contributed by atoms with Gasteiger partial charge in [0, 0.05) is 10.8 Å². The first kappa shape index (κ1) is 21.0. The number of thiazole rings is 1. The maximum atomic E-state index is 13.5. The van der Waals surface area contributed by atoms with E-state index >= 15 is 0 Å². The molecule has 2 aromatic carbocycles. The standard InChI is InChI=1S/C21H12F4N2O3S2/c22-11-6-4-9(5-7-11)13-14-16(31-17-15(13)32-20(30)26-17)19(29)27(18(14)28)12-3-1-2-10(8-12)21(23,24)25/h1-8,13-14,16H,(H,26,30)/t13-,14-,16+/m0/s1. The number of thioether (sulfide) groups is 1. The normalized spacial score (nSPS) is 22.8. The van der Waals surface area contributed by atoms with Crippen molar-refractivity contribution in [3.8, 4) is 0 Å². The average molecular weight is 480 g/mol. The molecule has 0 aliphatic carbocycles. The van der Waals surface area contributed by atoms with Gasteiger partial charge in [0.1, 0.15) is 11.1 Å². The van der Waals surface area contributed by atoms with E-state index in [1.54, 1.807) is 0 Å². The number of carbonyl (C=O) groups is 2. The third kappa shape index (κ3) is 3.27. The quantitative estimate of drug-likeness (QED) is 0.436. The van der Waals surface area contributed by atoms with Crippen molar-refractivity contribution in [2.75, 3.05) is 4.90 Å². The van der Waals surface area contributed by atoms with Gasteiger partial charge in [-0.3, -0.25) is 14.4 Å². The van der Waals surface area contributed by atoms with Gasteiger partial charge in [-0.05, 0) is 35.9 Å². The highest BCUT2D eigenvalue weighted by atomic mass is 32.2. The molecule has 0 bridgehead atoms. The van der Waals surface area contributed by atoms with E-state index in [1.165, 1.54) is 30.3 Å². The molecule has 3 aromatic rings. The van der Waals surface area contributed by atoms with Gasteiger partial charge in [0.25, 0.3) is 0 Å². The van der Waals surface area contributed by atoms with E-state index in [4.69, 9.17) is 0 Å². The zero-order chi connectivity index (χ0) is 22.8. The van der Waals surface area contributed by atoms with E-state index in [9.17, 15) is 31.9 Å². The lowest BCUT2D eigenvalue weighted by Gasteiger charge is -2.29. The number of alkyl halides is 3. The fraction of sp³-hybridized carbons (Fsp3) is 0.190. The first-order chi connectivity index (χ1) is 15.1. The molecule has 0 radical (unpaired) electrons. The summed E-state index contributed by atoms with van der Waals surface area (Å²) in [5.41, 5.74) is -0.610. The van der Waals surface area contributed by atoms with Crippen molar-refractivity contribution in [1.82, 2.24) is 4.98 Å². The van der Waals surface area contributed by atoms with Crippen molar-refractivity contribution in [1.29, 1.82) is 0 Å². The molecule has 3 heterocycles. The van der Waals surface area contributed by atoms with Crippen molar-refractivity contribution in [2.24, 2.45) is 5.92 Å². The van der Waals surface area contributed by atoms with E-state index in [1.807, 2.05) is 0 Å². The molecule has 164 valence electrons. The molecule has 0 unspecified atom stereocenters. The number of imide groups is 1. The second-order valence-corrected chi connectivity index (χ2v) is 9.53. The number of aromatic nitrogens is 1. The predicted molar refractivity (Wildman–Crippen MR) is 110 cm³/mol. The number of rotatable bonds is 2. The van der Waals surface area contributed by atoms with Crippen LogP contribution in [0.2, 0.25) is 0 Å². The Kier molecular flexibility index (Phi) is 4.79. The molecule has 11 heteroatoms. The van der Waals surface area contributed by atoms with Crippen LogP contribution in [0, 0.1) is 11.7 Å². The smallest absolute Gasteiger partial charge is 0.307 e. The van der Waals surface area contributed by atoms with Gasteiger partial charge in [-0.25, -0.2) is 9.29 Å². The van der Waals surface area contributed by atoms with Crippen LogP contribution in [0.1, 0.15) is 21.9 Å². The lowest BCUT2D eigenvalue weighted by molar-refractivity contribution is -0.137. The van der Waals surface area contributed by atoms with Crippen molar-refractivity contribution >= 4 is 40.6 Å². The Morgan fingerprint density at radius 2 is 1.69 bits per heavy atom. The van der Waals surface area contributed by atoms with Gasteiger partial charge in [-0.1, -0.05) is 41.3 Å². The Hall–Kier alpha value is -2.92. The Bertz CT molecular complexity index is 1300. The maximum absolute atomic E-state index is 13.5. The zero-order valence-electron chi connectivity index (χ0n) is 15.9. The van der Waals surface area contributed by atoms with Gasteiger partial charge in [0.15, 0.2) is 0 Å². The number of halogens is 4. The predicted octanol–water partition coefficient (Wildman–Crippen LogP) is 4.39. The number of hydrogen-bond donors (Lipinski definition) is 1. The van der Waals surface area contributed by atoms with Crippen LogP contribution < -0.4 is 9.77 Å². The molecule has 5 nitrogen and oxygen atoms in total. The third-order valence-corrected chi connectivity index (χ3v) is 7.89. The van der Waals surface area contributed by atoms with Gasteiger partial charge in [0.2, 0.25) is 11.8 Å². The molecule has 32 heavy (non-hydrogen) atoms. The fourth-order valence-electron chi connectivity index (χ4n) is 4.12. The summed E-state index contributed by atoms with van der Waals surface area (Å²) in [4.78, 5) is 42.3. The number of fused-ring (bicyclic) bond motifs is 2. The number of H-pyrrole nitrogens is 1. The molecule has 1 N–H and O–H groups in total. The topological polar surface area (TPSA) is 70.2 Å². The van der Waals surface area contributed by atoms with E-state index in [2.05, 4.69) is 4.98 Å². The highest BCUT2D eigenvalue weighted by Crippen LogP contribution is 2.53. The van der Waals surface area contributed by atoms with Crippen LogP contribution in [0.3, 0.4) is 0 Å². The monoisotopic (exact) mass is 480 g/mol. The van der Waals surface area contributed by atoms with Crippen LogP contribution in [0.5, 0.6) is 0 Å². The zero-order valence-corrected chi connectivity index (χ0v) is 17.5. The first-order valence-corrected chi connectivity index (χ1v) is 11.0. The number of anilines is 1. The Morgan fingerprint density at radius 3 is 2.38 bits per heavy atom. The van der Waals surface area contributed by atoms with E-state index in [-0.39, 0.29) is 10.6 Å². The number of nitrogens with one attached hydrogen (secondary N) is 1. The van der Waals surface area contributed by atoms with Crippen LogP contribution in [0.15, 0.2) is 58.4 Å². The number of nitrogens with zero attached hydrogens (tertiary/aromatic N) is 1. The van der Waals surface area contributed by atoms with E-state index < -0.39 is 46.5 Å². The minimum absolute atomic E-state index is 0.167. The summed E-state index contributed by atoms with van der Waals surface area (Å²) in [6.07, 6.45) is -4.64. The molecule has 0 saturated carbocycles. The fourth-order valence-corrected chi connectivity index (χ4v) is 6.64. The van der Waals surface area contributed by atoms with Gasteiger partial charge in [-0.15, -0.1) is 0 Å². The van der Waals surface area contributed by atoms with Crippen LogP contribution in [0.25, 0.3) is 0 Å². The first-order valence-electron chi connectivity index (χ1n) is 9.35. The van der Waals surface area contributed by atoms with Crippen molar-refractivity contribution in [2.45, 2.75) is 22.4 Å². The molecule has 1 aromatic heterocycles. The van der Waals surface area contributed by atoms with Gasteiger partial charge in [0.05, 0.1) is 22.2 Å². The molecule has 5 rings (SSSR count). The third-order valence-electron chi connectivity index (χ3n) is 5.48. The van der Waals surface area contributed by atoms with E-state index in [0.717, 1.165) is 46.2 Å². The maximum Gasteiger partial charge on any atom is 0.416 e. The van der Waals surface area contributed by atoms with Crippen molar-refractivity contribution < 1.29 is 27.2 Å². The molecule has 2 aliphatic heterocycles. The second-order valence-electron chi connectivity index (χ2n) is 7.36. The van der Waals surface area contributed by atoms with E-state index in [0.29, 0.717) is 15.5 Å². The van der Waals surface area contributed by atoms with Crippen LogP contribution in [-0.4, -0.2) is 22.0 Å². The molecule has 3 atom stereocenters. The van der Waals surface area contributed by atoms with Crippen molar-refractivity contribution in [3.05, 3.63) is 80.0 Å². The summed E-state index contributed by atoms with van der Waals surface area (Å²) in [6.45, 7) is 0. The SMILES string of the molecule is O=C1[C@H]2[C@H](c3ccc(F)cc3)c3sc(=O)[nH]c3S[C@H]2C(=O)N1c1cccc(C(F)(F)F)c1. The second kappa shape index (κ2) is 7.31. The summed E-state index contributed by atoms with van der Waals surface area (Å²) >= 11 is 1.91. The van der Waals surface area contributed by atoms with Gasteiger partial charge < -0.3 is 4.98 Å². The van der Waals surface area contributed by atoms with Crippen LogP contribution in [-0.2, 0) is 15.8 Å². The number of carbonyl (C=O) groups excluding carboxylic acids is 2. The minimum atomic E-state index is -4.64. The molecule has 1 saturated heterocycles. The minimum Gasteiger partial charge on any atom is -0.307 e. The lowest BCUT2D eigenvalue weighted by atomic mass is 9.83.